The molecule has 0 radical (unpaired) electrons. The Bertz CT molecular complexity index is 707. The molecule has 0 aliphatic heterocycles. The fourth-order valence-corrected chi connectivity index (χ4v) is 7.48. The van der Waals surface area contributed by atoms with Crippen LogP contribution in [-0.4, -0.2) is 34.5 Å². The monoisotopic (exact) mass is 358 g/mol. The lowest BCUT2D eigenvalue weighted by molar-refractivity contribution is -0.142. The van der Waals surface area contributed by atoms with E-state index < -0.39 is 12.7 Å². The first-order chi connectivity index (χ1) is 12.2. The first-order valence-electron chi connectivity index (χ1n) is 9.98. The predicted octanol–water partition coefficient (Wildman–Crippen LogP) is 2.69. The van der Waals surface area contributed by atoms with Crippen molar-refractivity contribution in [3.63, 3.8) is 0 Å². The quantitative estimate of drug-likeness (QED) is 0.796. The van der Waals surface area contributed by atoms with Gasteiger partial charge in [-0.2, -0.15) is 0 Å². The van der Waals surface area contributed by atoms with Gasteiger partial charge in [0.25, 0.3) is 0 Å². The van der Waals surface area contributed by atoms with E-state index in [4.69, 9.17) is 0 Å². The molecule has 0 heterocycles. The molecular weight excluding hydrogens is 328 g/mol. The molecular formula is C22H30O4. The lowest BCUT2D eigenvalue weighted by Gasteiger charge is -2.58. The van der Waals surface area contributed by atoms with Crippen molar-refractivity contribution in [1.82, 2.24) is 0 Å². The highest BCUT2D eigenvalue weighted by Gasteiger charge is 2.64. The fourth-order valence-electron chi connectivity index (χ4n) is 7.48. The molecule has 4 heteroatoms. The first-order valence-corrected chi connectivity index (χ1v) is 9.98. The molecule has 4 rings (SSSR count). The SMILES string of the molecule is C[C@H]1CC2C3CCC4=CC(=O)C=C[C@]4(C)C3C(O)C[C@]2(C)C1C(=O)CO. The minimum absolute atomic E-state index is 0.0501. The van der Waals surface area contributed by atoms with Gasteiger partial charge in [-0.05, 0) is 61.0 Å². The molecule has 26 heavy (non-hydrogen) atoms. The van der Waals surface area contributed by atoms with Gasteiger partial charge in [0.05, 0.1) is 6.10 Å². The topological polar surface area (TPSA) is 74.6 Å². The van der Waals surface area contributed by atoms with Gasteiger partial charge in [-0.3, -0.25) is 9.59 Å². The zero-order valence-corrected chi connectivity index (χ0v) is 15.9. The highest BCUT2D eigenvalue weighted by Crippen LogP contribution is 2.67. The van der Waals surface area contributed by atoms with Crippen LogP contribution in [0.4, 0.5) is 0 Å². The Morgan fingerprint density at radius 2 is 2.08 bits per heavy atom. The van der Waals surface area contributed by atoms with Crippen LogP contribution in [0, 0.1) is 40.4 Å². The molecule has 142 valence electrons. The maximum atomic E-state index is 12.5. The van der Waals surface area contributed by atoms with Crippen LogP contribution in [-0.2, 0) is 9.59 Å². The molecule has 0 spiro atoms. The van der Waals surface area contributed by atoms with Gasteiger partial charge >= 0.3 is 0 Å². The highest BCUT2D eigenvalue weighted by atomic mass is 16.3. The highest BCUT2D eigenvalue weighted by molar-refractivity contribution is 6.01. The molecule has 0 aromatic heterocycles. The van der Waals surface area contributed by atoms with Crippen LogP contribution >= 0.6 is 0 Å². The van der Waals surface area contributed by atoms with E-state index in [0.717, 1.165) is 24.8 Å². The Hall–Kier alpha value is -1.26. The lowest BCUT2D eigenvalue weighted by atomic mass is 9.46. The number of ketones is 2. The van der Waals surface area contributed by atoms with E-state index in [2.05, 4.69) is 20.8 Å². The van der Waals surface area contributed by atoms with Crippen molar-refractivity contribution in [3.05, 3.63) is 23.8 Å². The van der Waals surface area contributed by atoms with Crippen molar-refractivity contribution in [3.8, 4) is 0 Å². The molecule has 2 N–H and O–H groups in total. The summed E-state index contributed by atoms with van der Waals surface area (Å²) < 4.78 is 0. The second-order valence-corrected chi connectivity index (χ2v) is 9.62. The predicted molar refractivity (Wildman–Crippen MR) is 98.1 cm³/mol. The fraction of sp³-hybridized carbons (Fsp3) is 0.727. The summed E-state index contributed by atoms with van der Waals surface area (Å²) in [6, 6.07) is 0. The van der Waals surface area contributed by atoms with Crippen LogP contribution in [0.1, 0.15) is 46.5 Å². The number of hydrogen-bond acceptors (Lipinski definition) is 4. The maximum absolute atomic E-state index is 12.5. The second kappa shape index (κ2) is 5.87. The van der Waals surface area contributed by atoms with Gasteiger partial charge < -0.3 is 10.2 Å². The number of carbonyl (C=O) groups is 2. The van der Waals surface area contributed by atoms with Gasteiger partial charge in [0.1, 0.15) is 6.61 Å². The molecule has 3 fully saturated rings. The van der Waals surface area contributed by atoms with Crippen LogP contribution in [0.15, 0.2) is 23.8 Å². The summed E-state index contributed by atoms with van der Waals surface area (Å²) in [6.45, 7) is 6.04. The third-order valence-corrected chi connectivity index (χ3v) is 8.34. The minimum atomic E-state index is -0.493. The molecule has 0 aromatic carbocycles. The number of rotatable bonds is 2. The molecule has 3 saturated carbocycles. The number of Topliss-reactive ketones (excluding diaryl/α,β-unsaturated/α-hetero) is 1. The van der Waals surface area contributed by atoms with Crippen molar-refractivity contribution in [2.24, 2.45) is 40.4 Å². The van der Waals surface area contributed by atoms with Gasteiger partial charge in [-0.1, -0.05) is 32.4 Å². The lowest BCUT2D eigenvalue weighted by Crippen LogP contribution is -2.56. The van der Waals surface area contributed by atoms with Gasteiger partial charge in [0, 0.05) is 17.3 Å². The minimum Gasteiger partial charge on any atom is -0.393 e. The van der Waals surface area contributed by atoms with Crippen molar-refractivity contribution in [2.45, 2.75) is 52.6 Å². The van der Waals surface area contributed by atoms with Gasteiger partial charge in [0.15, 0.2) is 11.6 Å². The van der Waals surface area contributed by atoms with E-state index >= 15 is 0 Å². The Balaban J connectivity index is 1.74. The Kier molecular flexibility index (Phi) is 4.09. The average Bonchev–Trinajstić information content (AvgIpc) is 2.84. The van der Waals surface area contributed by atoms with E-state index in [-0.39, 0.29) is 40.2 Å². The van der Waals surface area contributed by atoms with E-state index in [0.29, 0.717) is 18.3 Å². The van der Waals surface area contributed by atoms with Crippen LogP contribution in [0.3, 0.4) is 0 Å². The Morgan fingerprint density at radius 3 is 2.77 bits per heavy atom. The first kappa shape index (κ1) is 18.1. The number of carbonyl (C=O) groups excluding carboxylic acids is 2. The van der Waals surface area contributed by atoms with Gasteiger partial charge in [-0.25, -0.2) is 0 Å². The number of hydrogen-bond donors (Lipinski definition) is 2. The van der Waals surface area contributed by atoms with Crippen LogP contribution in [0.5, 0.6) is 0 Å². The summed E-state index contributed by atoms with van der Waals surface area (Å²) in [4.78, 5) is 24.3. The molecule has 0 amide bonds. The molecule has 8 atom stereocenters. The number of aliphatic hydroxyl groups excluding tert-OH is 2. The smallest absolute Gasteiger partial charge is 0.178 e. The number of fused-ring (bicyclic) bond motifs is 5. The summed E-state index contributed by atoms with van der Waals surface area (Å²) in [7, 11) is 0. The third-order valence-electron chi connectivity index (χ3n) is 8.34. The molecule has 5 unspecified atom stereocenters. The van der Waals surface area contributed by atoms with Crippen LogP contribution < -0.4 is 0 Å². The van der Waals surface area contributed by atoms with E-state index in [1.54, 1.807) is 12.2 Å². The summed E-state index contributed by atoms with van der Waals surface area (Å²) in [6.07, 6.45) is 8.39. The van der Waals surface area contributed by atoms with Crippen molar-refractivity contribution in [1.29, 1.82) is 0 Å². The number of aliphatic hydroxyl groups is 2. The third kappa shape index (κ3) is 2.27. The Labute approximate surface area is 155 Å². The number of allylic oxidation sites excluding steroid dienone is 4. The van der Waals surface area contributed by atoms with Gasteiger partial charge in [0.2, 0.25) is 0 Å². The largest absolute Gasteiger partial charge is 0.393 e. The van der Waals surface area contributed by atoms with E-state index in [1.165, 1.54) is 0 Å². The van der Waals surface area contributed by atoms with Crippen molar-refractivity contribution >= 4 is 11.6 Å². The molecule has 0 saturated heterocycles. The molecule has 4 aliphatic carbocycles. The molecule has 4 nitrogen and oxygen atoms in total. The normalized spacial score (nSPS) is 49.9. The van der Waals surface area contributed by atoms with E-state index in [1.807, 2.05) is 6.08 Å². The van der Waals surface area contributed by atoms with E-state index in [9.17, 15) is 19.8 Å². The zero-order chi connectivity index (χ0) is 18.9. The molecule has 4 aliphatic rings. The van der Waals surface area contributed by atoms with Gasteiger partial charge in [-0.15, -0.1) is 0 Å². The van der Waals surface area contributed by atoms with Crippen LogP contribution in [0.25, 0.3) is 0 Å². The maximum Gasteiger partial charge on any atom is 0.178 e. The van der Waals surface area contributed by atoms with Crippen LogP contribution in [0.2, 0.25) is 0 Å². The average molecular weight is 358 g/mol. The zero-order valence-electron chi connectivity index (χ0n) is 15.9. The van der Waals surface area contributed by atoms with Crippen molar-refractivity contribution < 1.29 is 19.8 Å². The summed E-state index contributed by atoms with van der Waals surface area (Å²) in [5, 5.41) is 20.7. The summed E-state index contributed by atoms with van der Waals surface area (Å²) in [5.74, 6) is 0.886. The van der Waals surface area contributed by atoms with Crippen molar-refractivity contribution in [2.75, 3.05) is 6.61 Å². The molecule has 0 aromatic rings. The standard InChI is InChI=1S/C22H30O4/c1-12-8-16-15-5-4-13-9-14(24)6-7-21(13,2)20(15)17(25)10-22(16,3)19(12)18(26)11-23/h6-7,9,12,15-17,19-20,23,25H,4-5,8,10-11H2,1-3H3/t12-,15?,16?,17?,19?,20?,21-,22-/m0/s1. The summed E-state index contributed by atoms with van der Waals surface area (Å²) >= 11 is 0. The Morgan fingerprint density at radius 1 is 1.35 bits per heavy atom. The second-order valence-electron chi connectivity index (χ2n) is 9.62. The molecule has 0 bridgehead atoms. The summed E-state index contributed by atoms with van der Waals surface area (Å²) in [5.41, 5.74) is 0.647.